The molecule has 0 saturated heterocycles. The average Bonchev–Trinajstić information content (AvgIpc) is 2.88. The minimum Gasteiger partial charge on any atom is -0.489 e. The summed E-state index contributed by atoms with van der Waals surface area (Å²) < 4.78 is 5.85. The molecule has 6 heteroatoms. The van der Waals surface area contributed by atoms with Crippen molar-refractivity contribution in [1.82, 2.24) is 0 Å². The molecule has 0 saturated carbocycles. The number of carbonyl (C=O) groups excluding carboxylic acids is 1. The third kappa shape index (κ3) is 4.45. The number of para-hydroxylation sites is 1. The molecule has 152 valence electrons. The number of hydrogen-bond acceptors (Lipinski definition) is 4. The van der Waals surface area contributed by atoms with Crippen molar-refractivity contribution < 1.29 is 9.53 Å². The zero-order valence-electron chi connectivity index (χ0n) is 16.3. The molecular formula is C24H20Cl2N2O2. The Morgan fingerprint density at radius 3 is 2.53 bits per heavy atom. The van der Waals surface area contributed by atoms with Crippen molar-refractivity contribution in [2.45, 2.75) is 19.6 Å². The Balaban J connectivity index is 1.66. The van der Waals surface area contributed by atoms with E-state index in [2.05, 4.69) is 10.6 Å². The first-order chi connectivity index (χ1) is 14.5. The zero-order valence-corrected chi connectivity index (χ0v) is 17.8. The number of fused-ring (bicyclic) bond motifs is 1. The third-order valence-corrected chi connectivity index (χ3v) is 5.38. The van der Waals surface area contributed by atoms with Gasteiger partial charge in [0.05, 0.1) is 23.0 Å². The summed E-state index contributed by atoms with van der Waals surface area (Å²) >= 11 is 12.2. The van der Waals surface area contributed by atoms with Gasteiger partial charge in [-0.25, -0.2) is 0 Å². The largest absolute Gasteiger partial charge is 0.489 e. The van der Waals surface area contributed by atoms with Gasteiger partial charge in [-0.1, -0.05) is 48.0 Å². The maximum Gasteiger partial charge on any atom is 0.252 e. The minimum atomic E-state index is -0.516. The maximum atomic E-state index is 12.3. The first kappa shape index (κ1) is 20.3. The van der Waals surface area contributed by atoms with Gasteiger partial charge in [-0.3, -0.25) is 4.79 Å². The lowest BCUT2D eigenvalue weighted by atomic mass is 9.98. The van der Waals surface area contributed by atoms with Crippen LogP contribution in [-0.2, 0) is 11.4 Å². The van der Waals surface area contributed by atoms with Crippen molar-refractivity contribution in [1.29, 1.82) is 0 Å². The van der Waals surface area contributed by atoms with Gasteiger partial charge in [0, 0.05) is 10.7 Å². The van der Waals surface area contributed by atoms with Crippen LogP contribution in [-0.4, -0.2) is 5.24 Å². The molecule has 0 aliphatic carbocycles. The predicted octanol–water partition coefficient (Wildman–Crippen LogP) is 6.54. The molecule has 1 atom stereocenters. The summed E-state index contributed by atoms with van der Waals surface area (Å²) in [6.07, 6.45) is 0. The van der Waals surface area contributed by atoms with Gasteiger partial charge >= 0.3 is 0 Å². The Bertz CT molecular complexity index is 1110. The molecule has 4 rings (SSSR count). The fraction of sp³-hybridized carbons (Fsp3) is 0.125. The van der Waals surface area contributed by atoms with Gasteiger partial charge in [-0.15, -0.1) is 0 Å². The number of rotatable bonds is 5. The molecular weight excluding hydrogens is 419 g/mol. The van der Waals surface area contributed by atoms with Crippen molar-refractivity contribution in [2.75, 3.05) is 10.6 Å². The Morgan fingerprint density at radius 1 is 1.00 bits per heavy atom. The normalized spacial score (nSPS) is 15.5. The number of benzene rings is 3. The first-order valence-electron chi connectivity index (χ1n) is 9.51. The fourth-order valence-electron chi connectivity index (χ4n) is 3.50. The molecule has 30 heavy (non-hydrogen) atoms. The summed E-state index contributed by atoms with van der Waals surface area (Å²) in [6, 6.07) is 22.6. The Morgan fingerprint density at radius 2 is 1.80 bits per heavy atom. The van der Waals surface area contributed by atoms with E-state index in [1.165, 1.54) is 0 Å². The van der Waals surface area contributed by atoms with Gasteiger partial charge in [0.2, 0.25) is 0 Å². The maximum absolute atomic E-state index is 12.3. The number of ether oxygens (including phenoxy) is 1. The second-order valence-electron chi connectivity index (χ2n) is 7.05. The Hall–Kier alpha value is -2.95. The lowest BCUT2D eigenvalue weighted by Crippen LogP contribution is -2.17. The Labute approximate surface area is 185 Å². The highest BCUT2D eigenvalue weighted by molar-refractivity contribution is 6.68. The van der Waals surface area contributed by atoms with E-state index in [0.29, 0.717) is 22.9 Å². The SMILES string of the molecule is CC1=C(C(=O)Cl)C(c2cccc(Cl)c2)Nc2ccc(COc3ccccc3)cc2N1. The van der Waals surface area contributed by atoms with Crippen LogP contribution in [0.15, 0.2) is 84.1 Å². The average molecular weight is 439 g/mol. The molecule has 3 aromatic carbocycles. The van der Waals surface area contributed by atoms with Crippen LogP contribution in [0.2, 0.25) is 5.02 Å². The van der Waals surface area contributed by atoms with E-state index in [4.69, 9.17) is 27.9 Å². The summed E-state index contributed by atoms with van der Waals surface area (Å²) in [6.45, 7) is 2.28. The number of halogens is 2. The summed E-state index contributed by atoms with van der Waals surface area (Å²) in [4.78, 5) is 12.3. The molecule has 4 nitrogen and oxygen atoms in total. The van der Waals surface area contributed by atoms with E-state index in [1.807, 2.05) is 73.7 Å². The van der Waals surface area contributed by atoms with Crippen LogP contribution in [0.5, 0.6) is 5.75 Å². The highest BCUT2D eigenvalue weighted by atomic mass is 35.5. The highest BCUT2D eigenvalue weighted by Crippen LogP contribution is 2.38. The monoisotopic (exact) mass is 438 g/mol. The van der Waals surface area contributed by atoms with Crippen LogP contribution in [0.3, 0.4) is 0 Å². The van der Waals surface area contributed by atoms with Crippen LogP contribution >= 0.6 is 23.2 Å². The molecule has 0 radical (unpaired) electrons. The van der Waals surface area contributed by atoms with Gasteiger partial charge in [-0.2, -0.15) is 0 Å². The van der Waals surface area contributed by atoms with Gasteiger partial charge < -0.3 is 15.4 Å². The van der Waals surface area contributed by atoms with E-state index in [-0.39, 0.29) is 0 Å². The van der Waals surface area contributed by atoms with E-state index >= 15 is 0 Å². The molecule has 3 aromatic rings. The molecule has 0 bridgehead atoms. The Kier molecular flexibility index (Phi) is 5.98. The van der Waals surface area contributed by atoms with Crippen molar-refractivity contribution in [3.63, 3.8) is 0 Å². The molecule has 0 amide bonds. The van der Waals surface area contributed by atoms with Crippen LogP contribution in [0, 0.1) is 0 Å². The first-order valence-corrected chi connectivity index (χ1v) is 10.3. The lowest BCUT2D eigenvalue weighted by Gasteiger charge is -2.21. The number of allylic oxidation sites excluding steroid dienone is 1. The van der Waals surface area contributed by atoms with Crippen LogP contribution in [0.4, 0.5) is 11.4 Å². The van der Waals surface area contributed by atoms with Crippen LogP contribution < -0.4 is 15.4 Å². The minimum absolute atomic E-state index is 0.422. The van der Waals surface area contributed by atoms with Crippen molar-refractivity contribution in [3.8, 4) is 5.75 Å². The second kappa shape index (κ2) is 8.82. The number of anilines is 2. The van der Waals surface area contributed by atoms with E-state index in [9.17, 15) is 4.79 Å². The smallest absolute Gasteiger partial charge is 0.252 e. The van der Waals surface area contributed by atoms with Crippen molar-refractivity contribution >= 4 is 39.8 Å². The lowest BCUT2D eigenvalue weighted by molar-refractivity contribution is -0.108. The molecule has 0 spiro atoms. The molecule has 0 fully saturated rings. The van der Waals surface area contributed by atoms with E-state index < -0.39 is 11.3 Å². The highest BCUT2D eigenvalue weighted by Gasteiger charge is 2.28. The molecule has 0 aromatic heterocycles. The molecule has 1 aliphatic rings. The number of hydrogen-bond donors (Lipinski definition) is 2. The van der Waals surface area contributed by atoms with Gasteiger partial charge in [0.1, 0.15) is 12.4 Å². The van der Waals surface area contributed by atoms with Crippen LogP contribution in [0.1, 0.15) is 24.1 Å². The zero-order chi connectivity index (χ0) is 21.1. The summed E-state index contributed by atoms with van der Waals surface area (Å²) in [5.74, 6) is 0.811. The van der Waals surface area contributed by atoms with Gasteiger partial charge in [0.15, 0.2) is 0 Å². The number of carbonyl (C=O) groups is 1. The fourth-order valence-corrected chi connectivity index (χ4v) is 3.95. The van der Waals surface area contributed by atoms with Crippen molar-refractivity contribution in [2.24, 2.45) is 0 Å². The summed E-state index contributed by atoms with van der Waals surface area (Å²) in [5, 5.41) is 6.85. The quantitative estimate of drug-likeness (QED) is 0.444. The molecule has 1 aliphatic heterocycles. The van der Waals surface area contributed by atoms with E-state index in [1.54, 1.807) is 6.07 Å². The van der Waals surface area contributed by atoms with Crippen molar-refractivity contribution in [3.05, 3.63) is 100 Å². The predicted molar refractivity (Wildman–Crippen MR) is 122 cm³/mol. The van der Waals surface area contributed by atoms with Crippen LogP contribution in [0.25, 0.3) is 0 Å². The molecule has 1 heterocycles. The number of nitrogens with one attached hydrogen (secondary N) is 2. The van der Waals surface area contributed by atoms with Gasteiger partial charge in [-0.05, 0) is 66.0 Å². The molecule has 1 unspecified atom stereocenters. The van der Waals surface area contributed by atoms with E-state index in [0.717, 1.165) is 28.3 Å². The van der Waals surface area contributed by atoms with Gasteiger partial charge in [0.25, 0.3) is 5.24 Å². The second-order valence-corrected chi connectivity index (χ2v) is 7.83. The summed E-state index contributed by atoms with van der Waals surface area (Å²) in [7, 11) is 0. The standard InChI is InChI=1S/C24H20Cl2N2O2/c1-15-22(24(26)29)23(17-6-5-7-18(25)13-17)28-20-11-10-16(12-21(20)27-15)14-30-19-8-3-2-4-9-19/h2-13,23,27-28H,14H2,1H3. The third-order valence-electron chi connectivity index (χ3n) is 4.94. The topological polar surface area (TPSA) is 50.4 Å². The summed E-state index contributed by atoms with van der Waals surface area (Å²) in [5.41, 5.74) is 4.71. The molecule has 2 N–H and O–H groups in total.